The number of alkyl halides is 3. The number of aromatic nitrogens is 3. The van der Waals surface area contributed by atoms with Crippen molar-refractivity contribution in [1.29, 1.82) is 0 Å². The van der Waals surface area contributed by atoms with Crippen molar-refractivity contribution in [2.75, 3.05) is 0 Å². The van der Waals surface area contributed by atoms with Gasteiger partial charge in [-0.05, 0) is 36.8 Å². The molecular formula is C21H18Cl2F3N3OS. The summed E-state index contributed by atoms with van der Waals surface area (Å²) in [6, 6.07) is 10.1. The fraction of sp³-hybridized carbons (Fsp3) is 0.238. The van der Waals surface area contributed by atoms with Gasteiger partial charge in [0.25, 0.3) is 0 Å². The van der Waals surface area contributed by atoms with E-state index in [9.17, 15) is 13.2 Å². The van der Waals surface area contributed by atoms with Gasteiger partial charge in [-0.1, -0.05) is 59.2 Å². The molecule has 2 aromatic carbocycles. The van der Waals surface area contributed by atoms with Gasteiger partial charge < -0.3 is 4.74 Å². The quantitative estimate of drug-likeness (QED) is 0.248. The van der Waals surface area contributed by atoms with Crippen LogP contribution in [0.1, 0.15) is 30.0 Å². The monoisotopic (exact) mass is 487 g/mol. The minimum atomic E-state index is -4.38. The van der Waals surface area contributed by atoms with Gasteiger partial charge in [-0.3, -0.25) is 4.57 Å². The van der Waals surface area contributed by atoms with Gasteiger partial charge in [0.05, 0.1) is 10.6 Å². The van der Waals surface area contributed by atoms with E-state index in [4.69, 9.17) is 27.9 Å². The van der Waals surface area contributed by atoms with E-state index in [1.807, 2.05) is 0 Å². The Morgan fingerprint density at radius 2 is 1.97 bits per heavy atom. The summed E-state index contributed by atoms with van der Waals surface area (Å²) in [6.45, 7) is 5.97. The van der Waals surface area contributed by atoms with E-state index in [1.54, 1.807) is 41.8 Å². The lowest BCUT2D eigenvalue weighted by Gasteiger charge is -2.16. The van der Waals surface area contributed by atoms with Gasteiger partial charge in [0, 0.05) is 17.3 Å². The summed E-state index contributed by atoms with van der Waals surface area (Å²) in [7, 11) is 0. The minimum Gasteiger partial charge on any atom is -0.481 e. The van der Waals surface area contributed by atoms with Crippen molar-refractivity contribution in [1.82, 2.24) is 14.8 Å². The van der Waals surface area contributed by atoms with E-state index >= 15 is 0 Å². The second-order valence-corrected chi connectivity index (χ2v) is 8.35. The molecule has 1 atom stereocenters. The Labute approximate surface area is 192 Å². The van der Waals surface area contributed by atoms with Crippen LogP contribution in [0.4, 0.5) is 13.2 Å². The number of allylic oxidation sites excluding steroid dienone is 1. The zero-order valence-corrected chi connectivity index (χ0v) is 18.7. The summed E-state index contributed by atoms with van der Waals surface area (Å²) in [4.78, 5) is 0. The fourth-order valence-corrected chi connectivity index (χ4v) is 4.16. The van der Waals surface area contributed by atoms with Gasteiger partial charge in [0.2, 0.25) is 0 Å². The zero-order valence-electron chi connectivity index (χ0n) is 16.4. The van der Waals surface area contributed by atoms with Crippen LogP contribution in [0.25, 0.3) is 0 Å². The molecule has 1 heterocycles. The van der Waals surface area contributed by atoms with Crippen LogP contribution in [-0.2, 0) is 18.5 Å². The molecular weight excluding hydrogens is 470 g/mol. The lowest BCUT2D eigenvalue weighted by atomic mass is 10.1. The number of hydrogen-bond acceptors (Lipinski definition) is 4. The Bertz CT molecular complexity index is 1070. The molecule has 164 valence electrons. The number of rotatable bonds is 8. The van der Waals surface area contributed by atoms with Crippen molar-refractivity contribution >= 4 is 35.0 Å². The molecule has 0 aliphatic heterocycles. The predicted octanol–water partition coefficient (Wildman–Crippen LogP) is 7.22. The van der Waals surface area contributed by atoms with Gasteiger partial charge in [-0.15, -0.1) is 16.8 Å². The number of thioether (sulfide) groups is 1. The van der Waals surface area contributed by atoms with E-state index in [0.29, 0.717) is 44.6 Å². The Morgan fingerprint density at radius 1 is 1.19 bits per heavy atom. The molecule has 0 radical (unpaired) electrons. The van der Waals surface area contributed by atoms with Crippen LogP contribution in [0.3, 0.4) is 0 Å². The maximum atomic E-state index is 12.9. The molecule has 1 aromatic heterocycles. The standard InChI is InChI=1S/C21H18Cl2F3N3OS/c1-3-9-29-19(13(2)30-18-8-7-16(22)11-17(18)23)27-28-20(29)31-12-14-5-4-6-15(10-14)21(24,25)26/h3-8,10-11,13H,1,9,12H2,2H3. The van der Waals surface area contributed by atoms with Crippen LogP contribution in [0, 0.1) is 0 Å². The average molecular weight is 488 g/mol. The smallest absolute Gasteiger partial charge is 0.416 e. The van der Waals surface area contributed by atoms with E-state index in [-0.39, 0.29) is 0 Å². The van der Waals surface area contributed by atoms with E-state index in [0.717, 1.165) is 12.1 Å². The van der Waals surface area contributed by atoms with Gasteiger partial charge in [-0.2, -0.15) is 13.2 Å². The maximum absolute atomic E-state index is 12.9. The summed E-state index contributed by atoms with van der Waals surface area (Å²) in [5.74, 6) is 1.29. The van der Waals surface area contributed by atoms with Crippen LogP contribution in [0.5, 0.6) is 5.75 Å². The molecule has 0 amide bonds. The minimum absolute atomic E-state index is 0.303. The number of halogens is 5. The highest BCUT2D eigenvalue weighted by Crippen LogP contribution is 2.33. The van der Waals surface area contributed by atoms with Crippen LogP contribution in [-0.4, -0.2) is 14.8 Å². The van der Waals surface area contributed by atoms with Gasteiger partial charge >= 0.3 is 6.18 Å². The van der Waals surface area contributed by atoms with Crippen molar-refractivity contribution in [3.63, 3.8) is 0 Å². The third-order valence-electron chi connectivity index (χ3n) is 4.24. The SMILES string of the molecule is C=CCn1c(SCc2cccc(C(F)(F)F)c2)nnc1C(C)Oc1ccc(Cl)cc1Cl. The first kappa shape index (κ1) is 23.5. The third kappa shape index (κ3) is 5.96. The molecule has 0 spiro atoms. The number of hydrogen-bond donors (Lipinski definition) is 0. The summed E-state index contributed by atoms with van der Waals surface area (Å²) in [6.07, 6.45) is -3.19. The molecule has 0 aliphatic rings. The van der Waals surface area contributed by atoms with Crippen molar-refractivity contribution < 1.29 is 17.9 Å². The Hall–Kier alpha value is -2.16. The molecule has 0 fully saturated rings. The molecule has 0 saturated carbocycles. The summed E-state index contributed by atoms with van der Waals surface area (Å²) >= 11 is 13.4. The predicted molar refractivity (Wildman–Crippen MR) is 117 cm³/mol. The van der Waals surface area contributed by atoms with Crippen molar-refractivity contribution in [2.45, 2.75) is 36.7 Å². The van der Waals surface area contributed by atoms with Crippen molar-refractivity contribution in [3.8, 4) is 5.75 Å². The third-order valence-corrected chi connectivity index (χ3v) is 5.81. The molecule has 3 aromatic rings. The van der Waals surface area contributed by atoms with Gasteiger partial charge in [-0.25, -0.2) is 0 Å². The highest BCUT2D eigenvalue weighted by Gasteiger charge is 2.30. The van der Waals surface area contributed by atoms with Gasteiger partial charge in [0.1, 0.15) is 5.75 Å². The molecule has 0 bridgehead atoms. The average Bonchev–Trinajstić information content (AvgIpc) is 3.11. The molecule has 4 nitrogen and oxygen atoms in total. The topological polar surface area (TPSA) is 39.9 Å². The van der Waals surface area contributed by atoms with Crippen LogP contribution in [0.15, 0.2) is 60.3 Å². The zero-order chi connectivity index (χ0) is 22.6. The van der Waals surface area contributed by atoms with E-state index in [1.165, 1.54) is 17.8 Å². The summed E-state index contributed by atoms with van der Waals surface area (Å²) in [5, 5.41) is 9.82. The lowest BCUT2D eigenvalue weighted by Crippen LogP contribution is -2.12. The van der Waals surface area contributed by atoms with Crippen LogP contribution < -0.4 is 4.74 Å². The first-order chi connectivity index (χ1) is 14.7. The Balaban J connectivity index is 1.78. The first-order valence-electron chi connectivity index (χ1n) is 9.13. The van der Waals surface area contributed by atoms with Gasteiger partial charge in [0.15, 0.2) is 17.1 Å². The second-order valence-electron chi connectivity index (χ2n) is 6.56. The maximum Gasteiger partial charge on any atom is 0.416 e. The fourth-order valence-electron chi connectivity index (χ4n) is 2.81. The normalized spacial score (nSPS) is 12.6. The highest BCUT2D eigenvalue weighted by atomic mass is 35.5. The van der Waals surface area contributed by atoms with Crippen molar-refractivity contribution in [3.05, 3.63) is 82.1 Å². The summed E-state index contributed by atoms with van der Waals surface area (Å²) < 4.78 is 46.6. The Morgan fingerprint density at radius 3 is 2.65 bits per heavy atom. The molecule has 3 rings (SSSR count). The highest BCUT2D eigenvalue weighted by molar-refractivity contribution is 7.98. The molecule has 0 N–H and O–H groups in total. The number of benzene rings is 2. The molecule has 1 unspecified atom stereocenters. The second kappa shape index (κ2) is 9.97. The molecule has 0 aliphatic carbocycles. The molecule has 31 heavy (non-hydrogen) atoms. The summed E-state index contributed by atoms with van der Waals surface area (Å²) in [5.41, 5.74) is -0.146. The molecule has 10 heteroatoms. The molecule has 0 saturated heterocycles. The first-order valence-corrected chi connectivity index (χ1v) is 10.9. The number of ether oxygens (including phenoxy) is 1. The van der Waals surface area contributed by atoms with Crippen LogP contribution >= 0.6 is 35.0 Å². The largest absolute Gasteiger partial charge is 0.481 e. The van der Waals surface area contributed by atoms with E-state index in [2.05, 4.69) is 16.8 Å². The number of nitrogens with zero attached hydrogens (tertiary/aromatic N) is 3. The lowest BCUT2D eigenvalue weighted by molar-refractivity contribution is -0.137. The Kier molecular flexibility index (Phi) is 7.56. The van der Waals surface area contributed by atoms with Crippen molar-refractivity contribution in [2.24, 2.45) is 0 Å². The van der Waals surface area contributed by atoms with E-state index < -0.39 is 17.8 Å². The van der Waals surface area contributed by atoms with Crippen LogP contribution in [0.2, 0.25) is 10.0 Å².